The van der Waals surface area contributed by atoms with Crippen molar-refractivity contribution in [3.63, 3.8) is 0 Å². The van der Waals surface area contributed by atoms with E-state index in [0.717, 1.165) is 30.4 Å². The summed E-state index contributed by atoms with van der Waals surface area (Å²) in [5, 5.41) is 3.42. The number of fused-ring (bicyclic) bond motifs is 1. The van der Waals surface area contributed by atoms with E-state index < -0.39 is 11.6 Å². The number of pyridine rings is 1. The summed E-state index contributed by atoms with van der Waals surface area (Å²) in [4.78, 5) is 11.1. The van der Waals surface area contributed by atoms with Crippen molar-refractivity contribution < 1.29 is 9.13 Å². The van der Waals surface area contributed by atoms with Crippen LogP contribution in [0.3, 0.4) is 0 Å². The summed E-state index contributed by atoms with van der Waals surface area (Å²) in [6.07, 6.45) is 4.12. The van der Waals surface area contributed by atoms with Crippen molar-refractivity contribution >= 4 is 22.5 Å². The number of guanidine groups is 1. The van der Waals surface area contributed by atoms with Gasteiger partial charge in [-0.2, -0.15) is 5.43 Å². The predicted molar refractivity (Wildman–Crippen MR) is 122 cm³/mol. The van der Waals surface area contributed by atoms with Crippen LogP contribution < -0.4 is 26.6 Å². The minimum atomic E-state index is -1.43. The van der Waals surface area contributed by atoms with Crippen LogP contribution in [0.4, 0.5) is 10.2 Å². The molecule has 1 unspecified atom stereocenters. The van der Waals surface area contributed by atoms with Crippen LogP contribution in [0.15, 0.2) is 59.7 Å². The normalized spacial score (nSPS) is 21.3. The Kier molecular flexibility index (Phi) is 5.38. The van der Waals surface area contributed by atoms with E-state index in [-0.39, 0.29) is 11.7 Å². The SMILES string of the molecule is NC1=NC(N)(c2ccc(OCCN3CCCC3)c(F)c2)NN1c1nccc2ccccc12. The second kappa shape index (κ2) is 8.34. The number of hydrazine groups is 1. The zero-order chi connectivity index (χ0) is 22.1. The Morgan fingerprint density at radius 3 is 2.75 bits per heavy atom. The average molecular weight is 436 g/mol. The molecule has 2 aliphatic rings. The largest absolute Gasteiger partial charge is 0.489 e. The van der Waals surface area contributed by atoms with Crippen LogP contribution >= 0.6 is 0 Å². The molecule has 0 spiro atoms. The maximum atomic E-state index is 14.8. The summed E-state index contributed by atoms with van der Waals surface area (Å²) in [6, 6.07) is 14.3. The lowest BCUT2D eigenvalue weighted by Crippen LogP contribution is -2.53. The van der Waals surface area contributed by atoms with E-state index in [9.17, 15) is 4.39 Å². The van der Waals surface area contributed by atoms with Crippen LogP contribution in [-0.2, 0) is 5.79 Å². The average Bonchev–Trinajstić information content (AvgIpc) is 3.42. The molecule has 8 nitrogen and oxygen atoms in total. The van der Waals surface area contributed by atoms with Crippen LogP contribution in [-0.4, -0.2) is 42.1 Å². The molecule has 0 bridgehead atoms. The van der Waals surface area contributed by atoms with Gasteiger partial charge in [-0.3, -0.25) is 10.6 Å². The Bertz CT molecular complexity index is 1160. The summed E-state index contributed by atoms with van der Waals surface area (Å²) < 4.78 is 20.4. The molecule has 0 amide bonds. The number of rotatable bonds is 6. The number of nitrogens with one attached hydrogen (secondary N) is 1. The van der Waals surface area contributed by atoms with Crippen LogP contribution in [0.2, 0.25) is 0 Å². The van der Waals surface area contributed by atoms with Crippen LogP contribution in [0.25, 0.3) is 10.8 Å². The molecule has 3 heterocycles. The Morgan fingerprint density at radius 2 is 1.94 bits per heavy atom. The maximum Gasteiger partial charge on any atom is 0.215 e. The summed E-state index contributed by atoms with van der Waals surface area (Å²) >= 11 is 0. The van der Waals surface area contributed by atoms with Crippen molar-refractivity contribution in [1.82, 2.24) is 15.3 Å². The van der Waals surface area contributed by atoms with Gasteiger partial charge in [-0.1, -0.05) is 24.3 Å². The topological polar surface area (TPSA) is 105 Å². The monoisotopic (exact) mass is 435 g/mol. The van der Waals surface area contributed by atoms with E-state index in [1.165, 1.54) is 23.9 Å². The van der Waals surface area contributed by atoms with Crippen LogP contribution in [0.5, 0.6) is 5.75 Å². The third-order valence-corrected chi connectivity index (χ3v) is 5.90. The molecule has 5 rings (SSSR count). The van der Waals surface area contributed by atoms with Gasteiger partial charge in [-0.25, -0.2) is 19.4 Å². The van der Waals surface area contributed by atoms with Gasteiger partial charge in [0.25, 0.3) is 0 Å². The third-order valence-electron chi connectivity index (χ3n) is 5.90. The van der Waals surface area contributed by atoms with Crippen molar-refractivity contribution in [3.05, 3.63) is 66.1 Å². The first-order chi connectivity index (χ1) is 15.5. The molecule has 2 aliphatic heterocycles. The lowest BCUT2D eigenvalue weighted by atomic mass is 10.1. The van der Waals surface area contributed by atoms with Crippen LogP contribution in [0, 0.1) is 5.82 Å². The first-order valence-corrected chi connectivity index (χ1v) is 10.7. The second-order valence-corrected chi connectivity index (χ2v) is 8.08. The van der Waals surface area contributed by atoms with Crippen molar-refractivity contribution in [1.29, 1.82) is 0 Å². The van der Waals surface area contributed by atoms with E-state index in [4.69, 9.17) is 16.2 Å². The number of benzene rings is 2. The van der Waals surface area contributed by atoms with Gasteiger partial charge >= 0.3 is 0 Å². The van der Waals surface area contributed by atoms with Crippen LogP contribution in [0.1, 0.15) is 18.4 Å². The number of anilines is 1. The Hall–Kier alpha value is -3.27. The standard InChI is InChI=1S/C23H26FN7O/c24-19-15-17(7-8-20(19)32-14-13-30-11-3-4-12-30)23(26)28-22(25)31(29-23)21-18-6-2-1-5-16(18)9-10-27-21/h1-2,5-10,15,29H,3-4,11-14,26H2,(H2,25,28). The number of hydrogen-bond acceptors (Lipinski definition) is 8. The van der Waals surface area contributed by atoms with Gasteiger partial charge in [0.2, 0.25) is 11.7 Å². The summed E-state index contributed by atoms with van der Waals surface area (Å²) in [7, 11) is 0. The molecule has 0 aliphatic carbocycles. The van der Waals surface area contributed by atoms with Gasteiger partial charge in [-0.15, -0.1) is 0 Å². The van der Waals surface area contributed by atoms with Gasteiger partial charge in [0.15, 0.2) is 17.4 Å². The zero-order valence-electron chi connectivity index (χ0n) is 17.7. The van der Waals surface area contributed by atoms with Crippen molar-refractivity contribution in [2.45, 2.75) is 18.6 Å². The van der Waals surface area contributed by atoms with E-state index >= 15 is 0 Å². The fourth-order valence-electron chi connectivity index (χ4n) is 4.20. The lowest BCUT2D eigenvalue weighted by molar-refractivity contribution is 0.231. The molecule has 166 valence electrons. The Labute approximate surface area is 185 Å². The highest BCUT2D eigenvalue weighted by atomic mass is 19.1. The summed E-state index contributed by atoms with van der Waals surface area (Å²) in [5.74, 6) is -1.02. The highest BCUT2D eigenvalue weighted by Gasteiger charge is 2.38. The fraction of sp³-hybridized carbons (Fsp3) is 0.304. The van der Waals surface area contributed by atoms with E-state index in [1.807, 2.05) is 30.3 Å². The number of aliphatic imine (C=N–C) groups is 1. The van der Waals surface area contributed by atoms with E-state index in [0.29, 0.717) is 18.0 Å². The number of ether oxygens (including phenoxy) is 1. The van der Waals surface area contributed by atoms with Crippen molar-refractivity contribution in [2.24, 2.45) is 16.5 Å². The molecule has 1 atom stereocenters. The van der Waals surface area contributed by atoms with Gasteiger partial charge < -0.3 is 10.5 Å². The number of halogens is 1. The quantitative estimate of drug-likeness (QED) is 0.545. The third kappa shape index (κ3) is 3.86. The molecule has 32 heavy (non-hydrogen) atoms. The minimum Gasteiger partial charge on any atom is -0.489 e. The van der Waals surface area contributed by atoms with Gasteiger partial charge in [0, 0.05) is 23.7 Å². The smallest absolute Gasteiger partial charge is 0.215 e. The van der Waals surface area contributed by atoms with Gasteiger partial charge in [-0.05, 0) is 55.6 Å². The number of hydrogen-bond donors (Lipinski definition) is 3. The number of nitrogens with two attached hydrogens (primary N) is 2. The van der Waals surface area contributed by atoms with Gasteiger partial charge in [0.05, 0.1) is 0 Å². The Morgan fingerprint density at radius 1 is 1.12 bits per heavy atom. The first kappa shape index (κ1) is 20.6. The second-order valence-electron chi connectivity index (χ2n) is 8.08. The molecule has 5 N–H and O–H groups in total. The highest BCUT2D eigenvalue weighted by molar-refractivity contribution is 6.03. The van der Waals surface area contributed by atoms with Gasteiger partial charge in [0.1, 0.15) is 6.61 Å². The lowest BCUT2D eigenvalue weighted by Gasteiger charge is -2.26. The molecular formula is C23H26FN7O. The number of aromatic nitrogens is 1. The molecule has 0 radical (unpaired) electrons. The van der Waals surface area contributed by atoms with Crippen molar-refractivity contribution in [2.75, 3.05) is 31.3 Å². The summed E-state index contributed by atoms with van der Waals surface area (Å²) in [5.41, 5.74) is 16.2. The maximum absolute atomic E-state index is 14.8. The van der Waals surface area contributed by atoms with E-state index in [1.54, 1.807) is 18.3 Å². The fourth-order valence-corrected chi connectivity index (χ4v) is 4.20. The molecular weight excluding hydrogens is 409 g/mol. The number of nitrogens with zero attached hydrogens (tertiary/aromatic N) is 4. The zero-order valence-corrected chi connectivity index (χ0v) is 17.7. The molecule has 1 aromatic heterocycles. The Balaban J connectivity index is 1.34. The predicted octanol–water partition coefficient (Wildman–Crippen LogP) is 2.26. The molecule has 1 saturated heterocycles. The van der Waals surface area contributed by atoms with Crippen molar-refractivity contribution in [3.8, 4) is 5.75 Å². The molecule has 1 fully saturated rings. The number of likely N-dealkylation sites (tertiary alicyclic amines) is 1. The first-order valence-electron chi connectivity index (χ1n) is 10.7. The highest BCUT2D eigenvalue weighted by Crippen LogP contribution is 2.31. The molecule has 2 aromatic carbocycles. The minimum absolute atomic E-state index is 0.141. The molecule has 9 heteroatoms. The molecule has 0 saturated carbocycles. The van der Waals surface area contributed by atoms with E-state index in [2.05, 4.69) is 20.3 Å². The summed E-state index contributed by atoms with van der Waals surface area (Å²) in [6.45, 7) is 3.38. The molecule has 3 aromatic rings.